The second-order valence-corrected chi connectivity index (χ2v) is 2.04. The molecule has 2 N–H and O–H groups in total. The molecule has 0 radical (unpaired) electrons. The predicted molar refractivity (Wildman–Crippen MR) is 38.6 cm³/mol. The number of aromatic nitrogens is 1. The van der Waals surface area contributed by atoms with E-state index in [-0.39, 0.29) is 5.36 Å². The Morgan fingerprint density at radius 2 is 2.45 bits per heavy atom. The van der Waals surface area contributed by atoms with Crippen molar-refractivity contribution in [3.63, 3.8) is 0 Å². The summed E-state index contributed by atoms with van der Waals surface area (Å²) in [7, 11) is 0. The molecule has 1 aromatic heterocycles. The lowest BCUT2D eigenvalue weighted by Crippen LogP contribution is -2.09. The summed E-state index contributed by atoms with van der Waals surface area (Å²) >= 11 is 0. The van der Waals surface area contributed by atoms with Gasteiger partial charge in [-0.25, -0.2) is 0 Å². The molecule has 60 valence electrons. The highest BCUT2D eigenvalue weighted by Gasteiger charge is 1.94. The third kappa shape index (κ3) is 1.73. The topological polar surface area (TPSA) is 58.2 Å². The van der Waals surface area contributed by atoms with Crippen LogP contribution in [0.3, 0.4) is 0 Å². The van der Waals surface area contributed by atoms with E-state index in [4.69, 9.17) is 15.4 Å². The second-order valence-electron chi connectivity index (χ2n) is 2.04. The molecule has 0 atom stereocenters. The zero-order valence-electron chi connectivity index (χ0n) is 6.24. The van der Waals surface area contributed by atoms with Crippen molar-refractivity contribution in [3.8, 4) is 5.75 Å². The average Bonchev–Trinajstić information content (AvgIpc) is 1.98. The molecule has 0 spiro atoms. The van der Waals surface area contributed by atoms with Gasteiger partial charge in [0.1, 0.15) is 0 Å². The Kier molecular flexibility index (Phi) is 2.15. The van der Waals surface area contributed by atoms with E-state index in [9.17, 15) is 0 Å². The van der Waals surface area contributed by atoms with E-state index in [0.29, 0.717) is 12.4 Å². The van der Waals surface area contributed by atoms with Crippen LogP contribution in [0.2, 0.25) is 0 Å². The highest BCUT2D eigenvalue weighted by Crippen LogP contribution is 1.99. The van der Waals surface area contributed by atoms with Gasteiger partial charge in [0.2, 0.25) is 0 Å². The van der Waals surface area contributed by atoms with Crippen LogP contribution >= 0.6 is 0 Å². The third-order valence-corrected chi connectivity index (χ3v) is 1.21. The molecule has 1 rings (SSSR count). The summed E-state index contributed by atoms with van der Waals surface area (Å²) < 4.78 is 5.91. The Balaban J connectivity index is 3.03. The Morgan fingerprint density at radius 1 is 1.73 bits per heavy atom. The average molecular weight is 154 g/mol. The van der Waals surface area contributed by atoms with E-state index < -0.39 is 0 Å². The van der Waals surface area contributed by atoms with E-state index in [2.05, 4.69) is 0 Å². The molecule has 0 saturated heterocycles. The van der Waals surface area contributed by atoms with Gasteiger partial charge < -0.3 is 9.94 Å². The molecular weight excluding hydrogens is 144 g/mol. The zero-order chi connectivity index (χ0) is 8.27. The van der Waals surface area contributed by atoms with Crippen LogP contribution in [0, 0.1) is 5.41 Å². The maximum atomic E-state index is 8.92. The first kappa shape index (κ1) is 7.65. The zero-order valence-corrected chi connectivity index (χ0v) is 6.24. The summed E-state index contributed by atoms with van der Waals surface area (Å²) in [5.41, 5.74) is 0. The summed E-state index contributed by atoms with van der Waals surface area (Å²) in [5.74, 6) is 0.387. The largest absolute Gasteiger partial charge is 0.490 e. The van der Waals surface area contributed by atoms with Crippen molar-refractivity contribution in [2.45, 2.75) is 6.92 Å². The fourth-order valence-electron chi connectivity index (χ4n) is 0.736. The summed E-state index contributed by atoms with van der Waals surface area (Å²) in [5, 5.41) is 16.5. The van der Waals surface area contributed by atoms with Crippen LogP contribution in [0.15, 0.2) is 18.5 Å². The highest BCUT2D eigenvalue weighted by atomic mass is 16.5. The van der Waals surface area contributed by atoms with Crippen LogP contribution in [-0.2, 0) is 0 Å². The molecule has 0 saturated carbocycles. The van der Waals surface area contributed by atoms with E-state index in [1.165, 1.54) is 18.5 Å². The van der Waals surface area contributed by atoms with Crippen LogP contribution in [0.1, 0.15) is 6.92 Å². The van der Waals surface area contributed by atoms with Crippen molar-refractivity contribution in [2.24, 2.45) is 0 Å². The summed E-state index contributed by atoms with van der Waals surface area (Å²) in [6.07, 6.45) is 2.73. The lowest BCUT2D eigenvalue weighted by atomic mass is 10.4. The smallest absolute Gasteiger partial charge is 0.163 e. The SMILES string of the molecule is CCOc1cn(O)ccc1=N. The number of nitrogens with one attached hydrogen (secondary N) is 1. The Labute approximate surface area is 64.1 Å². The first-order valence-electron chi connectivity index (χ1n) is 3.33. The quantitative estimate of drug-likeness (QED) is 0.613. The van der Waals surface area contributed by atoms with Crippen LogP contribution in [-0.4, -0.2) is 16.5 Å². The van der Waals surface area contributed by atoms with E-state index in [1.54, 1.807) is 0 Å². The van der Waals surface area contributed by atoms with Gasteiger partial charge in [-0.05, 0) is 13.0 Å². The van der Waals surface area contributed by atoms with Gasteiger partial charge in [-0.15, -0.1) is 0 Å². The number of ether oxygens (including phenoxy) is 1. The molecule has 4 nitrogen and oxygen atoms in total. The van der Waals surface area contributed by atoms with Crippen LogP contribution in [0.4, 0.5) is 0 Å². The number of rotatable bonds is 2. The molecule has 0 aliphatic rings. The van der Waals surface area contributed by atoms with Crippen molar-refractivity contribution < 1.29 is 9.94 Å². The fourth-order valence-corrected chi connectivity index (χ4v) is 0.736. The monoisotopic (exact) mass is 154 g/mol. The number of hydrogen-bond acceptors (Lipinski definition) is 3. The van der Waals surface area contributed by atoms with Gasteiger partial charge in [0.25, 0.3) is 0 Å². The molecule has 0 fully saturated rings. The number of nitrogens with zero attached hydrogens (tertiary/aromatic N) is 1. The van der Waals surface area contributed by atoms with Crippen molar-refractivity contribution >= 4 is 0 Å². The molecule has 0 aliphatic heterocycles. The molecule has 4 heteroatoms. The number of pyridine rings is 1. The second kappa shape index (κ2) is 3.09. The third-order valence-electron chi connectivity index (χ3n) is 1.21. The van der Waals surface area contributed by atoms with E-state index in [1.807, 2.05) is 6.92 Å². The van der Waals surface area contributed by atoms with Crippen molar-refractivity contribution in [1.29, 1.82) is 5.41 Å². The molecule has 0 amide bonds. The van der Waals surface area contributed by atoms with Crippen molar-refractivity contribution in [2.75, 3.05) is 6.61 Å². The van der Waals surface area contributed by atoms with Gasteiger partial charge in [-0.2, -0.15) is 4.73 Å². The lowest BCUT2D eigenvalue weighted by molar-refractivity contribution is 0.178. The van der Waals surface area contributed by atoms with E-state index in [0.717, 1.165) is 4.73 Å². The number of hydrogen-bond donors (Lipinski definition) is 2. The molecule has 1 aromatic rings. The van der Waals surface area contributed by atoms with Crippen molar-refractivity contribution in [1.82, 2.24) is 4.73 Å². The van der Waals surface area contributed by atoms with Gasteiger partial charge in [0, 0.05) is 6.20 Å². The fraction of sp³-hybridized carbons (Fsp3) is 0.286. The van der Waals surface area contributed by atoms with Crippen LogP contribution in [0.25, 0.3) is 0 Å². The minimum absolute atomic E-state index is 0.275. The predicted octanol–water partition coefficient (Wildman–Crippen LogP) is 0.604. The molecule has 0 aliphatic carbocycles. The minimum atomic E-state index is 0.275. The van der Waals surface area contributed by atoms with Crippen molar-refractivity contribution in [3.05, 3.63) is 23.8 Å². The van der Waals surface area contributed by atoms with Gasteiger partial charge in [-0.3, -0.25) is 5.41 Å². The Morgan fingerprint density at radius 3 is 3.09 bits per heavy atom. The first-order valence-corrected chi connectivity index (χ1v) is 3.33. The lowest BCUT2D eigenvalue weighted by Gasteiger charge is -2.03. The first-order chi connectivity index (χ1) is 5.24. The Hall–Kier alpha value is -1.45. The molecule has 0 aromatic carbocycles. The van der Waals surface area contributed by atoms with Gasteiger partial charge >= 0.3 is 0 Å². The molecule has 1 heterocycles. The summed E-state index contributed by atoms with van der Waals surface area (Å²) in [6.45, 7) is 2.32. The minimum Gasteiger partial charge on any atom is -0.490 e. The molecule has 0 bridgehead atoms. The van der Waals surface area contributed by atoms with Crippen LogP contribution in [0.5, 0.6) is 5.75 Å². The van der Waals surface area contributed by atoms with Gasteiger partial charge in [-0.1, -0.05) is 0 Å². The molecule has 0 unspecified atom stereocenters. The standard InChI is InChI=1S/C7H10N2O2/c1-2-11-7-5-9(10)4-3-6(7)8/h3-5,8,10H,2H2,1H3. The molecule has 11 heavy (non-hydrogen) atoms. The summed E-state index contributed by atoms with van der Waals surface area (Å²) in [4.78, 5) is 0. The normalized spacial score (nSPS) is 9.55. The summed E-state index contributed by atoms with van der Waals surface area (Å²) in [6, 6.07) is 1.46. The maximum absolute atomic E-state index is 8.92. The Bertz CT molecular complexity index is 293. The van der Waals surface area contributed by atoms with Crippen LogP contribution < -0.4 is 10.1 Å². The van der Waals surface area contributed by atoms with Gasteiger partial charge in [0.15, 0.2) is 5.75 Å². The highest BCUT2D eigenvalue weighted by molar-refractivity contribution is 5.14. The molecular formula is C7H10N2O2. The van der Waals surface area contributed by atoms with Gasteiger partial charge in [0.05, 0.1) is 18.2 Å². The van der Waals surface area contributed by atoms with E-state index >= 15 is 0 Å². The maximum Gasteiger partial charge on any atom is 0.163 e.